The molecule has 3 amide bonds. The second-order valence-corrected chi connectivity index (χ2v) is 8.88. The summed E-state index contributed by atoms with van der Waals surface area (Å²) in [7, 11) is 0. The van der Waals surface area contributed by atoms with Gasteiger partial charge in [-0.2, -0.15) is 0 Å². The van der Waals surface area contributed by atoms with Crippen molar-refractivity contribution < 1.29 is 14.3 Å². The summed E-state index contributed by atoms with van der Waals surface area (Å²) >= 11 is 6.26. The zero-order valence-corrected chi connectivity index (χ0v) is 18.7. The minimum atomic E-state index is -0.207. The molecule has 1 heterocycles. The Labute approximate surface area is 179 Å². The van der Waals surface area contributed by atoms with Crippen LogP contribution < -0.4 is 10.6 Å². The van der Waals surface area contributed by atoms with E-state index in [1.54, 1.807) is 23.1 Å². The number of carbonyl (C=O) groups is 2. The molecule has 2 rings (SSSR count). The SMILES string of the molecule is CC(C)CCOC1CCN(C(=O)Nc2ccc(C(=O)NCC(C)C)c(Cl)c2)CC1. The van der Waals surface area contributed by atoms with Gasteiger partial charge >= 0.3 is 6.03 Å². The quantitative estimate of drug-likeness (QED) is 0.631. The molecule has 0 bridgehead atoms. The third kappa shape index (κ3) is 7.86. The normalized spacial score (nSPS) is 15.1. The van der Waals surface area contributed by atoms with Crippen molar-refractivity contribution >= 4 is 29.2 Å². The Morgan fingerprint density at radius 1 is 1.17 bits per heavy atom. The van der Waals surface area contributed by atoms with Crippen LogP contribution in [0.3, 0.4) is 0 Å². The average Bonchev–Trinajstić information content (AvgIpc) is 2.66. The Morgan fingerprint density at radius 2 is 1.86 bits per heavy atom. The number of ether oxygens (including phenoxy) is 1. The van der Waals surface area contributed by atoms with Crippen LogP contribution in [-0.4, -0.2) is 49.2 Å². The average molecular weight is 424 g/mol. The zero-order chi connectivity index (χ0) is 21.4. The molecule has 162 valence electrons. The standard InChI is InChI=1S/C22H34ClN3O3/c1-15(2)9-12-29-18-7-10-26(11-8-18)22(28)25-17-5-6-19(20(23)13-17)21(27)24-14-16(3)4/h5-6,13,15-16,18H,7-12,14H2,1-4H3,(H,24,27)(H,25,28). The van der Waals surface area contributed by atoms with Crippen LogP contribution in [0.4, 0.5) is 10.5 Å². The third-order valence-corrected chi connectivity index (χ3v) is 5.23. The Hall–Kier alpha value is -1.79. The van der Waals surface area contributed by atoms with Crippen molar-refractivity contribution in [3.05, 3.63) is 28.8 Å². The number of benzene rings is 1. The van der Waals surface area contributed by atoms with Crippen molar-refractivity contribution in [3.63, 3.8) is 0 Å². The molecule has 1 fully saturated rings. The number of nitrogens with one attached hydrogen (secondary N) is 2. The molecule has 6 nitrogen and oxygen atoms in total. The Morgan fingerprint density at radius 3 is 2.45 bits per heavy atom. The van der Waals surface area contributed by atoms with Crippen LogP contribution in [0.15, 0.2) is 18.2 Å². The summed E-state index contributed by atoms with van der Waals surface area (Å²) in [5, 5.41) is 6.04. The number of hydrogen-bond donors (Lipinski definition) is 2. The minimum Gasteiger partial charge on any atom is -0.378 e. The number of urea groups is 1. The van der Waals surface area contributed by atoms with Gasteiger partial charge in [-0.1, -0.05) is 39.3 Å². The molecule has 1 aliphatic heterocycles. The molecule has 29 heavy (non-hydrogen) atoms. The highest BCUT2D eigenvalue weighted by atomic mass is 35.5. The first kappa shape index (κ1) is 23.5. The second-order valence-electron chi connectivity index (χ2n) is 8.47. The van der Waals surface area contributed by atoms with Gasteiger partial charge < -0.3 is 20.3 Å². The maximum atomic E-state index is 12.5. The lowest BCUT2D eigenvalue weighted by Gasteiger charge is -2.32. The fraction of sp³-hybridized carbons (Fsp3) is 0.636. The van der Waals surface area contributed by atoms with E-state index in [-0.39, 0.29) is 18.0 Å². The number of likely N-dealkylation sites (tertiary alicyclic amines) is 1. The Kier molecular flexibility index (Phi) is 9.24. The predicted molar refractivity (Wildman–Crippen MR) is 118 cm³/mol. The smallest absolute Gasteiger partial charge is 0.321 e. The number of carbonyl (C=O) groups excluding carboxylic acids is 2. The van der Waals surface area contributed by atoms with Gasteiger partial charge in [0.2, 0.25) is 0 Å². The van der Waals surface area contributed by atoms with Crippen LogP contribution in [0.2, 0.25) is 5.02 Å². The summed E-state index contributed by atoms with van der Waals surface area (Å²) < 4.78 is 5.91. The van der Waals surface area contributed by atoms with E-state index in [1.807, 2.05) is 13.8 Å². The fourth-order valence-corrected chi connectivity index (χ4v) is 3.33. The van der Waals surface area contributed by atoms with Crippen molar-refractivity contribution in [3.8, 4) is 0 Å². The molecule has 1 aromatic carbocycles. The molecule has 0 aliphatic carbocycles. The van der Waals surface area contributed by atoms with E-state index in [0.29, 0.717) is 47.7 Å². The molecule has 1 saturated heterocycles. The minimum absolute atomic E-state index is 0.154. The zero-order valence-electron chi connectivity index (χ0n) is 18.0. The van der Waals surface area contributed by atoms with Gasteiger partial charge in [0, 0.05) is 31.9 Å². The van der Waals surface area contributed by atoms with Gasteiger partial charge in [-0.25, -0.2) is 4.79 Å². The summed E-state index contributed by atoms with van der Waals surface area (Å²) in [5.74, 6) is 0.794. The van der Waals surface area contributed by atoms with E-state index < -0.39 is 0 Å². The molecular formula is C22H34ClN3O3. The lowest BCUT2D eigenvalue weighted by Crippen LogP contribution is -2.43. The van der Waals surface area contributed by atoms with Gasteiger partial charge in [0.1, 0.15) is 0 Å². The first-order valence-corrected chi connectivity index (χ1v) is 10.9. The van der Waals surface area contributed by atoms with Crippen molar-refractivity contribution in [2.45, 2.75) is 53.1 Å². The molecule has 0 aromatic heterocycles. The summed E-state index contributed by atoms with van der Waals surface area (Å²) in [5.41, 5.74) is 0.986. The molecule has 1 aromatic rings. The third-order valence-electron chi connectivity index (χ3n) is 4.91. The van der Waals surface area contributed by atoms with Crippen molar-refractivity contribution in [1.82, 2.24) is 10.2 Å². The lowest BCUT2D eigenvalue weighted by molar-refractivity contribution is 0.0112. The topological polar surface area (TPSA) is 70.7 Å². The van der Waals surface area contributed by atoms with E-state index in [1.165, 1.54) is 0 Å². The van der Waals surface area contributed by atoms with E-state index in [2.05, 4.69) is 24.5 Å². The van der Waals surface area contributed by atoms with Crippen LogP contribution in [0.25, 0.3) is 0 Å². The van der Waals surface area contributed by atoms with Gasteiger partial charge in [0.05, 0.1) is 16.7 Å². The van der Waals surface area contributed by atoms with Crippen LogP contribution in [0, 0.1) is 11.8 Å². The molecule has 1 aliphatic rings. The number of halogens is 1. The number of amides is 3. The van der Waals surface area contributed by atoms with Gasteiger partial charge in [-0.15, -0.1) is 0 Å². The van der Waals surface area contributed by atoms with E-state index in [4.69, 9.17) is 16.3 Å². The number of piperidine rings is 1. The molecular weight excluding hydrogens is 390 g/mol. The number of nitrogens with zero attached hydrogens (tertiary/aromatic N) is 1. The van der Waals surface area contributed by atoms with Crippen LogP contribution in [-0.2, 0) is 4.74 Å². The molecule has 0 atom stereocenters. The first-order valence-electron chi connectivity index (χ1n) is 10.5. The van der Waals surface area contributed by atoms with Gasteiger partial charge in [0.15, 0.2) is 0 Å². The lowest BCUT2D eigenvalue weighted by atomic mass is 10.1. The summed E-state index contributed by atoms with van der Waals surface area (Å²) in [4.78, 5) is 26.5. The number of anilines is 1. The summed E-state index contributed by atoms with van der Waals surface area (Å²) in [6.07, 6.45) is 2.99. The van der Waals surface area contributed by atoms with Crippen molar-refractivity contribution in [1.29, 1.82) is 0 Å². The van der Waals surface area contributed by atoms with Crippen molar-refractivity contribution in [2.24, 2.45) is 11.8 Å². The van der Waals surface area contributed by atoms with Gasteiger partial charge in [-0.3, -0.25) is 4.79 Å². The molecule has 0 saturated carbocycles. The summed E-state index contributed by atoms with van der Waals surface area (Å²) in [6.45, 7) is 11.1. The maximum Gasteiger partial charge on any atom is 0.321 e. The van der Waals surface area contributed by atoms with Crippen LogP contribution in [0.5, 0.6) is 0 Å². The van der Waals surface area contributed by atoms with Crippen LogP contribution in [0.1, 0.15) is 57.3 Å². The second kappa shape index (κ2) is 11.4. The highest BCUT2D eigenvalue weighted by molar-refractivity contribution is 6.34. The predicted octanol–water partition coefficient (Wildman–Crippen LogP) is 4.78. The van der Waals surface area contributed by atoms with E-state index in [0.717, 1.165) is 25.9 Å². The largest absolute Gasteiger partial charge is 0.378 e. The first-order chi connectivity index (χ1) is 13.8. The molecule has 0 unspecified atom stereocenters. The maximum absolute atomic E-state index is 12.5. The fourth-order valence-electron chi connectivity index (χ4n) is 3.07. The molecule has 0 spiro atoms. The van der Waals surface area contributed by atoms with Gasteiger partial charge in [-0.05, 0) is 49.3 Å². The van der Waals surface area contributed by atoms with Crippen LogP contribution >= 0.6 is 11.6 Å². The van der Waals surface area contributed by atoms with E-state index >= 15 is 0 Å². The van der Waals surface area contributed by atoms with E-state index in [9.17, 15) is 9.59 Å². The molecule has 2 N–H and O–H groups in total. The highest BCUT2D eigenvalue weighted by Gasteiger charge is 2.23. The number of rotatable bonds is 8. The molecule has 7 heteroatoms. The Balaban J connectivity index is 1.82. The number of hydrogen-bond acceptors (Lipinski definition) is 3. The van der Waals surface area contributed by atoms with Gasteiger partial charge in [0.25, 0.3) is 5.91 Å². The van der Waals surface area contributed by atoms with Crippen molar-refractivity contribution in [2.75, 3.05) is 31.6 Å². The monoisotopic (exact) mass is 423 g/mol. The summed E-state index contributed by atoms with van der Waals surface area (Å²) in [6, 6.07) is 4.81. The molecule has 0 radical (unpaired) electrons. The highest BCUT2D eigenvalue weighted by Crippen LogP contribution is 2.22. The Bertz CT molecular complexity index is 686.